The van der Waals surface area contributed by atoms with Crippen molar-refractivity contribution in [2.75, 3.05) is 0 Å². The molecular formula is C11H12O4S. The molecule has 4 nitrogen and oxygen atoms in total. The van der Waals surface area contributed by atoms with Gasteiger partial charge in [0.15, 0.2) is 0 Å². The molecule has 0 saturated heterocycles. The molecule has 16 heavy (non-hydrogen) atoms. The molecule has 1 heterocycles. The van der Waals surface area contributed by atoms with Crippen LogP contribution in [0.5, 0.6) is 5.75 Å². The lowest BCUT2D eigenvalue weighted by atomic mass is 10.1. The van der Waals surface area contributed by atoms with Crippen molar-refractivity contribution in [2.45, 2.75) is 24.3 Å². The molecule has 0 fully saturated rings. The predicted octanol–water partition coefficient (Wildman–Crippen LogP) is 1.29. The van der Waals surface area contributed by atoms with E-state index in [1.54, 1.807) is 12.1 Å². The minimum Gasteiger partial charge on any atom is -0.507 e. The van der Waals surface area contributed by atoms with Gasteiger partial charge in [0.1, 0.15) is 10.6 Å². The SMILES string of the molecule is CC(C)(O)C1=Cc2cccc(O)c2S1(=O)=O. The highest BCUT2D eigenvalue weighted by Crippen LogP contribution is 2.42. The van der Waals surface area contributed by atoms with Crippen LogP contribution < -0.4 is 0 Å². The second-order valence-electron chi connectivity index (χ2n) is 4.27. The quantitative estimate of drug-likeness (QED) is 0.775. The van der Waals surface area contributed by atoms with E-state index < -0.39 is 15.4 Å². The Balaban J connectivity index is 2.76. The topological polar surface area (TPSA) is 74.6 Å². The van der Waals surface area contributed by atoms with Crippen molar-refractivity contribution >= 4 is 15.9 Å². The predicted molar refractivity (Wildman–Crippen MR) is 59.6 cm³/mol. The van der Waals surface area contributed by atoms with E-state index in [-0.39, 0.29) is 15.6 Å². The Morgan fingerprint density at radius 1 is 1.25 bits per heavy atom. The fourth-order valence-electron chi connectivity index (χ4n) is 1.78. The maximum Gasteiger partial charge on any atom is 0.209 e. The number of rotatable bonds is 1. The van der Waals surface area contributed by atoms with Crippen LogP contribution in [-0.2, 0) is 9.84 Å². The highest BCUT2D eigenvalue weighted by Gasteiger charge is 2.39. The first kappa shape index (κ1) is 11.2. The van der Waals surface area contributed by atoms with Crippen molar-refractivity contribution in [1.82, 2.24) is 0 Å². The number of sulfone groups is 1. The number of hydrogen-bond donors (Lipinski definition) is 2. The normalized spacial score (nSPS) is 18.1. The second kappa shape index (κ2) is 3.09. The van der Waals surface area contributed by atoms with Crippen LogP contribution in [0, 0.1) is 0 Å². The van der Waals surface area contributed by atoms with Crippen LogP contribution >= 0.6 is 0 Å². The van der Waals surface area contributed by atoms with Gasteiger partial charge in [0.25, 0.3) is 0 Å². The monoisotopic (exact) mass is 240 g/mol. The van der Waals surface area contributed by atoms with Crippen LogP contribution in [0.2, 0.25) is 0 Å². The number of aromatic hydroxyl groups is 1. The third-order valence-electron chi connectivity index (χ3n) is 2.47. The van der Waals surface area contributed by atoms with Crippen LogP contribution in [0.15, 0.2) is 28.0 Å². The van der Waals surface area contributed by atoms with Gasteiger partial charge in [-0.15, -0.1) is 0 Å². The van der Waals surface area contributed by atoms with E-state index >= 15 is 0 Å². The molecule has 0 unspecified atom stereocenters. The number of benzene rings is 1. The number of hydrogen-bond acceptors (Lipinski definition) is 4. The number of phenols is 1. The first-order valence-electron chi connectivity index (χ1n) is 4.76. The average molecular weight is 240 g/mol. The van der Waals surface area contributed by atoms with Gasteiger partial charge in [-0.3, -0.25) is 0 Å². The Labute approximate surface area is 93.8 Å². The van der Waals surface area contributed by atoms with E-state index in [1.165, 1.54) is 26.0 Å². The van der Waals surface area contributed by atoms with Gasteiger partial charge in [-0.2, -0.15) is 0 Å². The summed E-state index contributed by atoms with van der Waals surface area (Å²) in [5.74, 6) is -0.284. The number of aliphatic hydroxyl groups is 1. The van der Waals surface area contributed by atoms with Crippen molar-refractivity contribution < 1.29 is 18.6 Å². The molecule has 86 valence electrons. The Bertz CT molecular complexity index is 576. The van der Waals surface area contributed by atoms with Gasteiger partial charge >= 0.3 is 0 Å². The molecule has 2 rings (SSSR count). The maximum absolute atomic E-state index is 12.1. The number of fused-ring (bicyclic) bond motifs is 1. The fourth-order valence-corrected chi connectivity index (χ4v) is 3.72. The van der Waals surface area contributed by atoms with Crippen LogP contribution in [0.4, 0.5) is 0 Å². The fraction of sp³-hybridized carbons (Fsp3) is 0.273. The summed E-state index contributed by atoms with van der Waals surface area (Å²) in [6, 6.07) is 4.47. The third-order valence-corrected chi connectivity index (χ3v) is 4.65. The summed E-state index contributed by atoms with van der Waals surface area (Å²) in [4.78, 5) is -0.205. The lowest BCUT2D eigenvalue weighted by molar-refractivity contribution is 0.129. The van der Waals surface area contributed by atoms with Gasteiger partial charge in [-0.25, -0.2) is 8.42 Å². The zero-order valence-corrected chi connectivity index (χ0v) is 9.75. The molecule has 0 aliphatic carbocycles. The molecule has 1 aromatic carbocycles. The van der Waals surface area contributed by atoms with E-state index in [4.69, 9.17) is 0 Å². The summed E-state index contributed by atoms with van der Waals surface area (Å²) in [7, 11) is -3.77. The zero-order chi connectivity index (χ0) is 12.1. The Morgan fingerprint density at radius 3 is 2.38 bits per heavy atom. The Morgan fingerprint density at radius 2 is 1.88 bits per heavy atom. The van der Waals surface area contributed by atoms with Crippen molar-refractivity contribution in [3.63, 3.8) is 0 Å². The van der Waals surface area contributed by atoms with E-state index in [0.29, 0.717) is 5.56 Å². The van der Waals surface area contributed by atoms with Gasteiger partial charge in [0.2, 0.25) is 9.84 Å². The van der Waals surface area contributed by atoms with E-state index in [0.717, 1.165) is 0 Å². The summed E-state index contributed by atoms with van der Waals surface area (Å²) < 4.78 is 24.1. The van der Waals surface area contributed by atoms with Crippen molar-refractivity contribution in [2.24, 2.45) is 0 Å². The zero-order valence-electron chi connectivity index (χ0n) is 8.93. The summed E-state index contributed by atoms with van der Waals surface area (Å²) >= 11 is 0. The average Bonchev–Trinajstić information content (AvgIpc) is 2.38. The van der Waals surface area contributed by atoms with Crippen molar-refractivity contribution in [3.05, 3.63) is 28.7 Å². The van der Waals surface area contributed by atoms with Gasteiger partial charge in [-0.1, -0.05) is 12.1 Å². The third kappa shape index (κ3) is 1.44. The minimum absolute atomic E-state index is 0.0866. The number of phenolic OH excluding ortho intramolecular Hbond substituents is 1. The second-order valence-corrected chi connectivity index (χ2v) is 6.12. The summed E-state index contributed by atoms with van der Waals surface area (Å²) in [5.41, 5.74) is -1.04. The van der Waals surface area contributed by atoms with Crippen LogP contribution in [0.3, 0.4) is 0 Å². The standard InChI is InChI=1S/C11H12O4S/c1-11(2,13)9-6-7-4-3-5-8(12)10(7)16(9,14)15/h3-6,12-13H,1-2H3. The Hall–Kier alpha value is -1.33. The van der Waals surface area contributed by atoms with Crippen molar-refractivity contribution in [3.8, 4) is 5.75 Å². The van der Waals surface area contributed by atoms with Gasteiger partial charge < -0.3 is 10.2 Å². The lowest BCUT2D eigenvalue weighted by Gasteiger charge is -2.18. The molecule has 1 aromatic rings. The molecule has 0 amide bonds. The summed E-state index contributed by atoms with van der Waals surface area (Å²) in [5, 5.41) is 19.3. The molecular weight excluding hydrogens is 228 g/mol. The first-order valence-corrected chi connectivity index (χ1v) is 6.24. The molecule has 0 bridgehead atoms. The van der Waals surface area contributed by atoms with Gasteiger partial charge in [0.05, 0.1) is 10.5 Å². The highest BCUT2D eigenvalue weighted by atomic mass is 32.2. The van der Waals surface area contributed by atoms with E-state index in [1.807, 2.05) is 0 Å². The lowest BCUT2D eigenvalue weighted by Crippen LogP contribution is -2.25. The first-order chi connectivity index (χ1) is 7.24. The molecule has 1 aliphatic rings. The summed E-state index contributed by atoms with van der Waals surface area (Å²) in [6.45, 7) is 2.80. The molecule has 0 aromatic heterocycles. The molecule has 0 saturated carbocycles. The van der Waals surface area contributed by atoms with Gasteiger partial charge in [0, 0.05) is 0 Å². The highest BCUT2D eigenvalue weighted by molar-refractivity contribution is 7.96. The molecule has 0 radical (unpaired) electrons. The molecule has 0 spiro atoms. The van der Waals surface area contributed by atoms with E-state index in [2.05, 4.69) is 0 Å². The van der Waals surface area contributed by atoms with Crippen molar-refractivity contribution in [1.29, 1.82) is 0 Å². The smallest absolute Gasteiger partial charge is 0.209 e. The maximum atomic E-state index is 12.1. The van der Waals surface area contributed by atoms with Crippen LogP contribution in [0.25, 0.3) is 6.08 Å². The summed E-state index contributed by atoms with van der Waals surface area (Å²) in [6.07, 6.45) is 1.39. The largest absolute Gasteiger partial charge is 0.507 e. The van der Waals surface area contributed by atoms with Gasteiger partial charge in [-0.05, 0) is 31.6 Å². The molecule has 1 aliphatic heterocycles. The Kier molecular flexibility index (Phi) is 2.15. The van der Waals surface area contributed by atoms with Crippen LogP contribution in [0.1, 0.15) is 19.4 Å². The van der Waals surface area contributed by atoms with Crippen LogP contribution in [-0.4, -0.2) is 24.2 Å². The van der Waals surface area contributed by atoms with E-state index in [9.17, 15) is 18.6 Å². The minimum atomic E-state index is -3.77. The molecule has 2 N–H and O–H groups in total. The molecule has 5 heteroatoms. The molecule has 0 atom stereocenters.